The first-order valence-electron chi connectivity index (χ1n) is 7.08. The predicted molar refractivity (Wildman–Crippen MR) is 75.8 cm³/mol. The molecular formula is C12H23NaO11. The van der Waals surface area contributed by atoms with Crippen molar-refractivity contribution in [1.82, 2.24) is 0 Å². The van der Waals surface area contributed by atoms with E-state index in [9.17, 15) is 35.7 Å². The van der Waals surface area contributed by atoms with Gasteiger partial charge in [0.25, 0.3) is 0 Å². The van der Waals surface area contributed by atoms with Gasteiger partial charge in [-0.3, -0.25) is 0 Å². The number of hydrogen-bond donors (Lipinski definition) is 8. The van der Waals surface area contributed by atoms with Crippen molar-refractivity contribution in [2.24, 2.45) is 0 Å². The Morgan fingerprint density at radius 2 is 1.25 bits per heavy atom. The fourth-order valence-electron chi connectivity index (χ4n) is 2.57. The SMILES string of the molecule is OC[C@H]1O[C@H](O[C@H]2[C@H](O)[C@@H](O)[C@H](O)O[C@@H]2CO)[C@H](O)[C@@H](O)[C@@H]1O.[NaH]. The summed E-state index contributed by atoms with van der Waals surface area (Å²) < 4.78 is 15.3. The summed E-state index contributed by atoms with van der Waals surface area (Å²) in [4.78, 5) is 0. The van der Waals surface area contributed by atoms with E-state index in [1.807, 2.05) is 0 Å². The number of aliphatic hydroxyl groups excluding tert-OH is 8. The van der Waals surface area contributed by atoms with Crippen LogP contribution in [0.3, 0.4) is 0 Å². The molecule has 2 rings (SSSR count). The van der Waals surface area contributed by atoms with Crippen molar-refractivity contribution >= 4 is 29.6 Å². The van der Waals surface area contributed by atoms with Gasteiger partial charge in [-0.1, -0.05) is 0 Å². The number of ether oxygens (including phenoxy) is 3. The van der Waals surface area contributed by atoms with Crippen LogP contribution in [-0.4, -0.2) is 145 Å². The molecule has 24 heavy (non-hydrogen) atoms. The Morgan fingerprint density at radius 3 is 1.79 bits per heavy atom. The molecule has 2 aliphatic rings. The van der Waals surface area contributed by atoms with E-state index in [1.165, 1.54) is 0 Å². The Balaban J connectivity index is 0.00000288. The number of rotatable bonds is 4. The fraction of sp³-hybridized carbons (Fsp3) is 1.00. The summed E-state index contributed by atoms with van der Waals surface area (Å²) in [6, 6.07) is 0. The molecule has 2 heterocycles. The van der Waals surface area contributed by atoms with E-state index in [2.05, 4.69) is 0 Å². The zero-order valence-corrected chi connectivity index (χ0v) is 12.0. The van der Waals surface area contributed by atoms with Crippen molar-refractivity contribution in [3.63, 3.8) is 0 Å². The molecule has 0 unspecified atom stereocenters. The van der Waals surface area contributed by atoms with Crippen molar-refractivity contribution in [3.05, 3.63) is 0 Å². The predicted octanol–water partition coefficient (Wildman–Crippen LogP) is -6.05. The number of aliphatic hydroxyl groups is 8. The first-order chi connectivity index (χ1) is 10.8. The van der Waals surface area contributed by atoms with Gasteiger partial charge in [-0.05, 0) is 0 Å². The molecule has 2 saturated heterocycles. The second-order valence-electron chi connectivity index (χ2n) is 5.53. The van der Waals surface area contributed by atoms with Crippen LogP contribution in [0.25, 0.3) is 0 Å². The summed E-state index contributed by atoms with van der Waals surface area (Å²) >= 11 is 0. The Kier molecular flexibility index (Phi) is 8.93. The summed E-state index contributed by atoms with van der Waals surface area (Å²) in [5, 5.41) is 76.5. The van der Waals surface area contributed by atoms with E-state index in [-0.39, 0.29) is 29.6 Å². The third-order valence-electron chi connectivity index (χ3n) is 3.98. The van der Waals surface area contributed by atoms with E-state index in [0.29, 0.717) is 0 Å². The van der Waals surface area contributed by atoms with Crippen molar-refractivity contribution in [1.29, 1.82) is 0 Å². The molecule has 11 nitrogen and oxygen atoms in total. The second kappa shape index (κ2) is 9.48. The molecule has 8 N–H and O–H groups in total. The topological polar surface area (TPSA) is 190 Å². The van der Waals surface area contributed by atoms with Gasteiger partial charge >= 0.3 is 29.6 Å². The van der Waals surface area contributed by atoms with Gasteiger partial charge in [0.1, 0.15) is 48.8 Å². The van der Waals surface area contributed by atoms with E-state index in [1.54, 1.807) is 0 Å². The van der Waals surface area contributed by atoms with Crippen molar-refractivity contribution in [2.75, 3.05) is 13.2 Å². The van der Waals surface area contributed by atoms with Crippen LogP contribution in [0.1, 0.15) is 0 Å². The molecule has 0 spiro atoms. The molecule has 0 amide bonds. The van der Waals surface area contributed by atoms with Crippen LogP contribution in [0.5, 0.6) is 0 Å². The summed E-state index contributed by atoms with van der Waals surface area (Å²) in [5.41, 5.74) is 0. The second-order valence-corrected chi connectivity index (χ2v) is 5.53. The van der Waals surface area contributed by atoms with Gasteiger partial charge in [-0.25, -0.2) is 0 Å². The Hall–Kier alpha value is 0.560. The molecule has 12 heteroatoms. The molecule has 0 radical (unpaired) electrons. The molecule has 0 bridgehead atoms. The van der Waals surface area contributed by atoms with E-state index < -0.39 is 74.6 Å². The molecule has 0 saturated carbocycles. The Morgan fingerprint density at radius 1 is 0.667 bits per heavy atom. The van der Waals surface area contributed by atoms with Crippen LogP contribution in [-0.2, 0) is 14.2 Å². The van der Waals surface area contributed by atoms with Gasteiger partial charge < -0.3 is 55.1 Å². The summed E-state index contributed by atoms with van der Waals surface area (Å²) in [7, 11) is 0. The minimum atomic E-state index is -1.74. The van der Waals surface area contributed by atoms with Crippen molar-refractivity contribution in [2.45, 2.75) is 61.4 Å². The molecule has 138 valence electrons. The fourth-order valence-corrected chi connectivity index (χ4v) is 2.57. The van der Waals surface area contributed by atoms with Crippen LogP contribution in [0.2, 0.25) is 0 Å². The standard InChI is InChI=1S/C12H22O11.Na.H/c13-1-3-5(15)6(16)9(19)12(22-3)23-10-4(2-14)21-11(20)8(18)7(10)17;;/h3-20H,1-2H2;;/t3-,4-,5-,6+,7-,8-,9-,10-,11-,12-;;/m1../s1. The van der Waals surface area contributed by atoms with E-state index in [4.69, 9.17) is 19.3 Å². The third-order valence-corrected chi connectivity index (χ3v) is 3.98. The van der Waals surface area contributed by atoms with Gasteiger partial charge in [-0.2, -0.15) is 0 Å². The summed E-state index contributed by atoms with van der Waals surface area (Å²) in [6.45, 7) is -1.35. The van der Waals surface area contributed by atoms with Crippen LogP contribution in [0, 0.1) is 0 Å². The normalized spacial score (nSPS) is 49.5. The van der Waals surface area contributed by atoms with Crippen LogP contribution >= 0.6 is 0 Å². The first kappa shape index (κ1) is 22.6. The van der Waals surface area contributed by atoms with Gasteiger partial charge in [-0.15, -0.1) is 0 Å². The molecule has 2 fully saturated rings. The first-order valence-corrected chi connectivity index (χ1v) is 7.08. The summed E-state index contributed by atoms with van der Waals surface area (Å²) in [6.07, 6.45) is -15.6. The maximum atomic E-state index is 9.94. The van der Waals surface area contributed by atoms with E-state index >= 15 is 0 Å². The molecule has 0 aromatic carbocycles. The molecule has 10 atom stereocenters. The third kappa shape index (κ3) is 4.45. The molecule has 2 aliphatic heterocycles. The van der Waals surface area contributed by atoms with Gasteiger partial charge in [0.15, 0.2) is 12.6 Å². The quantitative estimate of drug-likeness (QED) is 0.221. The average Bonchev–Trinajstić information content (AvgIpc) is 2.55. The Labute approximate surface area is 159 Å². The average molecular weight is 366 g/mol. The molecule has 0 aliphatic carbocycles. The minimum absolute atomic E-state index is 0. The molecule has 0 aromatic heterocycles. The van der Waals surface area contributed by atoms with Gasteiger partial charge in [0, 0.05) is 0 Å². The number of hydrogen-bond acceptors (Lipinski definition) is 11. The van der Waals surface area contributed by atoms with Crippen LogP contribution < -0.4 is 0 Å². The van der Waals surface area contributed by atoms with Gasteiger partial charge in [0.05, 0.1) is 13.2 Å². The monoisotopic (exact) mass is 366 g/mol. The molecule has 0 aromatic rings. The Bertz CT molecular complexity index is 384. The summed E-state index contributed by atoms with van der Waals surface area (Å²) in [5.74, 6) is 0. The van der Waals surface area contributed by atoms with Gasteiger partial charge in [0.2, 0.25) is 0 Å². The van der Waals surface area contributed by atoms with E-state index in [0.717, 1.165) is 0 Å². The van der Waals surface area contributed by atoms with Crippen molar-refractivity contribution in [3.8, 4) is 0 Å². The molecular weight excluding hydrogens is 343 g/mol. The van der Waals surface area contributed by atoms with Crippen LogP contribution in [0.15, 0.2) is 0 Å². The zero-order valence-electron chi connectivity index (χ0n) is 12.0. The van der Waals surface area contributed by atoms with Crippen molar-refractivity contribution < 1.29 is 55.1 Å². The maximum absolute atomic E-state index is 9.94. The zero-order chi connectivity index (χ0) is 17.3. The van der Waals surface area contributed by atoms with Crippen LogP contribution in [0.4, 0.5) is 0 Å².